The van der Waals surface area contributed by atoms with E-state index in [0.29, 0.717) is 16.5 Å². The summed E-state index contributed by atoms with van der Waals surface area (Å²) in [7, 11) is 2.99. The van der Waals surface area contributed by atoms with Gasteiger partial charge >= 0.3 is 5.69 Å². The lowest BCUT2D eigenvalue weighted by Gasteiger charge is -2.19. The van der Waals surface area contributed by atoms with E-state index in [-0.39, 0.29) is 22.7 Å². The summed E-state index contributed by atoms with van der Waals surface area (Å²) in [6.07, 6.45) is 0. The van der Waals surface area contributed by atoms with E-state index in [9.17, 15) is 14.4 Å². The average Bonchev–Trinajstić information content (AvgIpc) is 2.69. The number of carbonyl (C=O) groups is 1. The van der Waals surface area contributed by atoms with Crippen molar-refractivity contribution in [3.63, 3.8) is 0 Å². The Morgan fingerprint density at radius 2 is 1.70 bits per heavy atom. The van der Waals surface area contributed by atoms with Crippen LogP contribution in [0.5, 0.6) is 0 Å². The molecule has 2 heterocycles. The van der Waals surface area contributed by atoms with Crippen LogP contribution in [0.2, 0.25) is 0 Å². The minimum atomic E-state index is -0.477. The standard InChI is InChI=1S/C21H25N5O3S/c1-12-7-9-13(10-8-12)22-14(27)11-30-17-15-16(23-19(24-17)21(2,3)4)25(5)20(29)26(6)18(15)28/h7-10H,11H2,1-6H3,(H,22,27). The van der Waals surface area contributed by atoms with Crippen molar-refractivity contribution in [3.8, 4) is 0 Å². The predicted octanol–water partition coefficient (Wildman–Crippen LogP) is 2.36. The molecule has 3 aromatic rings. The molecule has 0 radical (unpaired) electrons. The largest absolute Gasteiger partial charge is 0.332 e. The minimum absolute atomic E-state index is 0.0650. The van der Waals surface area contributed by atoms with Crippen LogP contribution in [0.25, 0.3) is 11.0 Å². The van der Waals surface area contributed by atoms with Crippen LogP contribution in [-0.4, -0.2) is 30.8 Å². The van der Waals surface area contributed by atoms with E-state index in [1.807, 2.05) is 52.0 Å². The fraction of sp³-hybridized carbons (Fsp3) is 0.381. The van der Waals surface area contributed by atoms with Crippen molar-refractivity contribution in [2.24, 2.45) is 14.1 Å². The molecule has 0 spiro atoms. The molecule has 0 aliphatic rings. The number of hydrogen-bond acceptors (Lipinski definition) is 6. The van der Waals surface area contributed by atoms with E-state index >= 15 is 0 Å². The molecule has 158 valence electrons. The van der Waals surface area contributed by atoms with Gasteiger partial charge in [-0.1, -0.05) is 50.2 Å². The van der Waals surface area contributed by atoms with Gasteiger partial charge in [0.1, 0.15) is 16.2 Å². The molecule has 0 aliphatic carbocycles. The molecule has 9 heteroatoms. The van der Waals surface area contributed by atoms with Crippen LogP contribution in [0, 0.1) is 6.92 Å². The molecule has 0 atom stereocenters. The summed E-state index contributed by atoms with van der Waals surface area (Å²) in [6, 6.07) is 7.50. The normalized spacial score (nSPS) is 11.7. The first-order valence-electron chi connectivity index (χ1n) is 9.46. The Morgan fingerprint density at radius 1 is 1.07 bits per heavy atom. The minimum Gasteiger partial charge on any atom is -0.325 e. The van der Waals surface area contributed by atoms with Gasteiger partial charge in [0.25, 0.3) is 5.56 Å². The van der Waals surface area contributed by atoms with Gasteiger partial charge in [-0.2, -0.15) is 0 Å². The molecule has 0 saturated heterocycles. The Kier molecular flexibility index (Phi) is 5.85. The van der Waals surface area contributed by atoms with E-state index in [1.54, 1.807) is 7.05 Å². The molecule has 3 rings (SSSR count). The maximum atomic E-state index is 12.8. The second kappa shape index (κ2) is 8.06. The van der Waals surface area contributed by atoms with Gasteiger partial charge in [-0.25, -0.2) is 14.8 Å². The van der Waals surface area contributed by atoms with Gasteiger partial charge in [0.05, 0.1) is 5.75 Å². The highest BCUT2D eigenvalue weighted by atomic mass is 32.2. The van der Waals surface area contributed by atoms with Gasteiger partial charge in [-0.3, -0.25) is 18.7 Å². The van der Waals surface area contributed by atoms with Gasteiger partial charge in [-0.05, 0) is 19.1 Å². The average molecular weight is 428 g/mol. The maximum Gasteiger partial charge on any atom is 0.332 e. The highest BCUT2D eigenvalue weighted by molar-refractivity contribution is 8.00. The number of nitrogens with zero attached hydrogens (tertiary/aromatic N) is 4. The number of benzene rings is 1. The number of aryl methyl sites for hydroxylation is 2. The highest BCUT2D eigenvalue weighted by Crippen LogP contribution is 2.27. The SMILES string of the molecule is Cc1ccc(NC(=O)CSc2nc(C(C)(C)C)nc3c2c(=O)n(C)c(=O)n3C)cc1. The number of amides is 1. The molecule has 1 amide bonds. The maximum absolute atomic E-state index is 12.8. The van der Waals surface area contributed by atoms with Crippen LogP contribution in [0.15, 0.2) is 38.9 Å². The van der Waals surface area contributed by atoms with E-state index in [4.69, 9.17) is 0 Å². The van der Waals surface area contributed by atoms with Gasteiger partial charge in [0, 0.05) is 25.2 Å². The first kappa shape index (κ1) is 21.8. The highest BCUT2D eigenvalue weighted by Gasteiger charge is 2.24. The van der Waals surface area contributed by atoms with Crippen LogP contribution >= 0.6 is 11.8 Å². The topological polar surface area (TPSA) is 98.9 Å². The first-order valence-corrected chi connectivity index (χ1v) is 10.4. The molecule has 0 aliphatic heterocycles. The second-order valence-electron chi connectivity index (χ2n) is 8.21. The molecular weight excluding hydrogens is 402 g/mol. The number of carbonyl (C=O) groups excluding carboxylic acids is 1. The Hall–Kier alpha value is -2.94. The molecule has 1 N–H and O–H groups in total. The van der Waals surface area contributed by atoms with E-state index < -0.39 is 16.7 Å². The molecule has 0 bridgehead atoms. The monoisotopic (exact) mass is 427 g/mol. The fourth-order valence-electron chi connectivity index (χ4n) is 2.84. The van der Waals surface area contributed by atoms with Crippen molar-refractivity contribution in [1.82, 2.24) is 19.1 Å². The van der Waals surface area contributed by atoms with Crippen LogP contribution in [0.3, 0.4) is 0 Å². The number of aromatic nitrogens is 4. The first-order chi connectivity index (χ1) is 14.0. The van der Waals surface area contributed by atoms with E-state index in [1.165, 1.54) is 11.6 Å². The van der Waals surface area contributed by atoms with Gasteiger partial charge in [0.2, 0.25) is 5.91 Å². The Balaban J connectivity index is 2.01. The van der Waals surface area contributed by atoms with Crippen molar-refractivity contribution in [1.29, 1.82) is 0 Å². The van der Waals surface area contributed by atoms with Crippen LogP contribution in [0.1, 0.15) is 32.2 Å². The zero-order valence-corrected chi connectivity index (χ0v) is 18.8. The number of rotatable bonds is 4. The van der Waals surface area contributed by atoms with Crippen molar-refractivity contribution in [3.05, 3.63) is 56.5 Å². The van der Waals surface area contributed by atoms with Crippen molar-refractivity contribution >= 4 is 34.4 Å². The summed E-state index contributed by atoms with van der Waals surface area (Å²) < 4.78 is 2.36. The Bertz CT molecular complexity index is 1240. The summed E-state index contributed by atoms with van der Waals surface area (Å²) >= 11 is 1.16. The Labute approximate surface area is 178 Å². The lowest BCUT2D eigenvalue weighted by molar-refractivity contribution is -0.113. The fourth-order valence-corrected chi connectivity index (χ4v) is 3.65. The van der Waals surface area contributed by atoms with Crippen molar-refractivity contribution in [2.75, 3.05) is 11.1 Å². The molecule has 0 fully saturated rings. The van der Waals surface area contributed by atoms with Gasteiger partial charge in [0.15, 0.2) is 5.65 Å². The third-order valence-corrected chi connectivity index (χ3v) is 5.59. The summed E-state index contributed by atoms with van der Waals surface area (Å²) in [5.74, 6) is 0.351. The number of hydrogen-bond donors (Lipinski definition) is 1. The van der Waals surface area contributed by atoms with Crippen molar-refractivity contribution < 1.29 is 4.79 Å². The zero-order valence-electron chi connectivity index (χ0n) is 17.9. The van der Waals surface area contributed by atoms with Crippen LogP contribution < -0.4 is 16.6 Å². The third-order valence-electron chi connectivity index (χ3n) is 4.61. The second-order valence-corrected chi connectivity index (χ2v) is 9.17. The van der Waals surface area contributed by atoms with E-state index in [0.717, 1.165) is 21.9 Å². The molecule has 1 aromatic carbocycles. The smallest absolute Gasteiger partial charge is 0.325 e. The number of fused-ring (bicyclic) bond motifs is 1. The summed E-state index contributed by atoms with van der Waals surface area (Å²) in [5, 5.41) is 3.46. The molecule has 30 heavy (non-hydrogen) atoms. The van der Waals surface area contributed by atoms with Crippen molar-refractivity contribution in [2.45, 2.75) is 38.1 Å². The number of thioether (sulfide) groups is 1. The summed E-state index contributed by atoms with van der Waals surface area (Å²) in [6.45, 7) is 7.83. The number of anilines is 1. The quantitative estimate of drug-likeness (QED) is 0.507. The van der Waals surface area contributed by atoms with Gasteiger partial charge < -0.3 is 5.32 Å². The summed E-state index contributed by atoms with van der Waals surface area (Å²) in [4.78, 5) is 46.7. The Morgan fingerprint density at radius 3 is 2.30 bits per heavy atom. The molecular formula is C21H25N5O3S. The lowest BCUT2D eigenvalue weighted by Crippen LogP contribution is -2.38. The lowest BCUT2D eigenvalue weighted by atomic mass is 9.96. The third kappa shape index (κ3) is 4.30. The van der Waals surface area contributed by atoms with Crippen LogP contribution in [-0.2, 0) is 24.3 Å². The number of nitrogens with one attached hydrogen (secondary N) is 1. The van der Waals surface area contributed by atoms with Gasteiger partial charge in [-0.15, -0.1) is 0 Å². The molecule has 0 unspecified atom stereocenters. The molecule has 2 aromatic heterocycles. The molecule has 0 saturated carbocycles. The zero-order chi connectivity index (χ0) is 22.2. The van der Waals surface area contributed by atoms with Crippen LogP contribution in [0.4, 0.5) is 5.69 Å². The van der Waals surface area contributed by atoms with E-state index in [2.05, 4.69) is 15.3 Å². The molecule has 8 nitrogen and oxygen atoms in total. The summed E-state index contributed by atoms with van der Waals surface area (Å²) in [5.41, 5.74) is 0.738. The predicted molar refractivity (Wildman–Crippen MR) is 119 cm³/mol.